The fraction of sp³-hybridized carbons (Fsp3) is 0.765. The molecule has 17 heavy (non-hydrogen) atoms. The molecular weight excluding hydrogens is 204 g/mol. The molecule has 0 rings (SSSR count). The first-order valence-corrected chi connectivity index (χ1v) is 7.06. The van der Waals surface area contributed by atoms with Crippen molar-refractivity contribution in [3.8, 4) is 11.8 Å². The third kappa shape index (κ3) is 96.3. The molecule has 0 nitrogen and oxygen atoms in total. The van der Waals surface area contributed by atoms with E-state index in [-0.39, 0.29) is 0 Å². The van der Waals surface area contributed by atoms with Gasteiger partial charge in [-0.3, -0.25) is 0 Å². The lowest BCUT2D eigenvalue weighted by Crippen LogP contribution is -1.88. The summed E-state index contributed by atoms with van der Waals surface area (Å²) >= 11 is 0. The zero-order valence-electron chi connectivity index (χ0n) is 14.1. The van der Waals surface area contributed by atoms with Crippen LogP contribution in [-0.4, -0.2) is 0 Å². The molecule has 0 spiro atoms. The lowest BCUT2D eigenvalue weighted by molar-refractivity contribution is 0.509. The van der Waals surface area contributed by atoms with E-state index in [0.717, 1.165) is 5.92 Å². The largest absolute Gasteiger partial charge is 0.107 e. The summed E-state index contributed by atoms with van der Waals surface area (Å²) in [5.74, 6) is 6.31. The summed E-state index contributed by atoms with van der Waals surface area (Å²) in [4.78, 5) is 0. The van der Waals surface area contributed by atoms with E-state index in [4.69, 9.17) is 0 Å². The summed E-state index contributed by atoms with van der Waals surface area (Å²) < 4.78 is 0. The highest BCUT2D eigenvalue weighted by atomic mass is 14.0. The molecule has 0 radical (unpaired) electrons. The molecule has 0 saturated carbocycles. The van der Waals surface area contributed by atoms with Crippen LogP contribution in [0.2, 0.25) is 0 Å². The zero-order chi connectivity index (χ0) is 15.1. The lowest BCUT2D eigenvalue weighted by Gasteiger charge is -2.02. The second kappa shape index (κ2) is 58.7. The third-order valence-corrected chi connectivity index (χ3v) is 1.73. The van der Waals surface area contributed by atoms with Gasteiger partial charge >= 0.3 is 0 Å². The van der Waals surface area contributed by atoms with Gasteiger partial charge in [0.2, 0.25) is 0 Å². The van der Waals surface area contributed by atoms with Crippen LogP contribution in [0, 0.1) is 17.8 Å². The Hall–Kier alpha value is -0.700. The van der Waals surface area contributed by atoms with Crippen LogP contribution in [-0.2, 0) is 0 Å². The quantitative estimate of drug-likeness (QED) is 0.381. The van der Waals surface area contributed by atoms with Crippen LogP contribution in [0.25, 0.3) is 0 Å². The summed E-state index contributed by atoms with van der Waals surface area (Å²) in [5, 5.41) is 0. The maximum Gasteiger partial charge on any atom is -0.00271 e. The highest BCUT2D eigenvalue weighted by molar-refractivity contribution is 4.89. The Morgan fingerprint density at radius 2 is 1.18 bits per heavy atom. The van der Waals surface area contributed by atoms with Crippen LogP contribution in [0.5, 0.6) is 0 Å². The highest BCUT2D eigenvalue weighted by Crippen LogP contribution is 2.07. The summed E-state index contributed by atoms with van der Waals surface area (Å²) in [5.41, 5.74) is 0. The van der Waals surface area contributed by atoms with E-state index in [9.17, 15) is 0 Å². The van der Waals surface area contributed by atoms with Crippen molar-refractivity contribution in [1.29, 1.82) is 0 Å². The van der Waals surface area contributed by atoms with Gasteiger partial charge in [0.25, 0.3) is 0 Å². The van der Waals surface area contributed by atoms with Gasteiger partial charge < -0.3 is 0 Å². The number of hydrogen-bond donors (Lipinski definition) is 0. The third-order valence-electron chi connectivity index (χ3n) is 1.73. The molecule has 1 atom stereocenters. The predicted octanol–water partition coefficient (Wildman–Crippen LogP) is 6.72. The van der Waals surface area contributed by atoms with Crippen molar-refractivity contribution in [1.82, 2.24) is 0 Å². The summed E-state index contributed by atoms with van der Waals surface area (Å²) in [6, 6.07) is 0. The maximum absolute atomic E-state index is 3.00. The monoisotopic (exact) mass is 242 g/mol. The summed E-state index contributed by atoms with van der Waals surface area (Å²) in [7, 11) is 0. The van der Waals surface area contributed by atoms with Gasteiger partial charge in [0.05, 0.1) is 0 Å². The molecule has 0 aromatic rings. The Bertz CT molecular complexity index is 108. The van der Waals surface area contributed by atoms with Crippen LogP contribution in [0.15, 0.2) is 13.2 Å². The molecule has 0 unspecified atom stereocenters. The SMILES string of the molecule is C=C.CC.CC.CC#CC.CCC[C@@H](C)CC. The van der Waals surface area contributed by atoms with Crippen molar-refractivity contribution < 1.29 is 0 Å². The minimum Gasteiger partial charge on any atom is -0.107 e. The van der Waals surface area contributed by atoms with Gasteiger partial charge in [0.1, 0.15) is 0 Å². The molecule has 0 aliphatic heterocycles. The smallest absolute Gasteiger partial charge is 0.00271 e. The Balaban J connectivity index is -0.0000000412. The van der Waals surface area contributed by atoms with E-state index in [1.807, 2.05) is 41.5 Å². The second-order valence-corrected chi connectivity index (χ2v) is 2.80. The van der Waals surface area contributed by atoms with Crippen LogP contribution < -0.4 is 0 Å². The number of rotatable bonds is 3. The molecule has 106 valence electrons. The van der Waals surface area contributed by atoms with E-state index in [2.05, 4.69) is 45.8 Å². The summed E-state index contributed by atoms with van der Waals surface area (Å²) in [6.07, 6.45) is 4.08. The van der Waals surface area contributed by atoms with Gasteiger partial charge in [-0.05, 0) is 19.8 Å². The molecule has 0 aliphatic rings. The molecule has 0 fully saturated rings. The highest BCUT2D eigenvalue weighted by Gasteiger charge is 1.92. The van der Waals surface area contributed by atoms with Gasteiger partial charge in [-0.1, -0.05) is 67.7 Å². The molecule has 0 bridgehead atoms. The first kappa shape index (κ1) is 29.9. The van der Waals surface area contributed by atoms with Crippen molar-refractivity contribution in [2.75, 3.05) is 0 Å². The molecule has 0 heterocycles. The Morgan fingerprint density at radius 1 is 0.882 bits per heavy atom. The van der Waals surface area contributed by atoms with Gasteiger partial charge in [0.15, 0.2) is 0 Å². The second-order valence-electron chi connectivity index (χ2n) is 2.80. The Morgan fingerprint density at radius 3 is 1.24 bits per heavy atom. The van der Waals surface area contributed by atoms with Crippen LogP contribution in [0.4, 0.5) is 0 Å². The van der Waals surface area contributed by atoms with Crippen molar-refractivity contribution in [3.63, 3.8) is 0 Å². The normalized spacial score (nSPS) is 7.59. The number of hydrogen-bond acceptors (Lipinski definition) is 0. The molecule has 0 aromatic carbocycles. The van der Waals surface area contributed by atoms with Crippen molar-refractivity contribution in [3.05, 3.63) is 13.2 Å². The van der Waals surface area contributed by atoms with Crippen LogP contribution in [0.3, 0.4) is 0 Å². The van der Waals surface area contributed by atoms with Gasteiger partial charge in [0, 0.05) is 0 Å². The van der Waals surface area contributed by atoms with Gasteiger partial charge in [-0.15, -0.1) is 25.0 Å². The van der Waals surface area contributed by atoms with E-state index in [0.29, 0.717) is 0 Å². The minimum absolute atomic E-state index is 0.949. The van der Waals surface area contributed by atoms with Crippen molar-refractivity contribution in [2.24, 2.45) is 5.92 Å². The Labute approximate surface area is 113 Å². The topological polar surface area (TPSA) is 0 Å². The van der Waals surface area contributed by atoms with E-state index >= 15 is 0 Å². The molecule has 0 saturated heterocycles. The Kier molecular flexibility index (Phi) is 103. The van der Waals surface area contributed by atoms with Gasteiger partial charge in [-0.25, -0.2) is 0 Å². The molecule has 0 amide bonds. The lowest BCUT2D eigenvalue weighted by atomic mass is 10.0. The molecule has 0 heteroatoms. The van der Waals surface area contributed by atoms with Crippen molar-refractivity contribution >= 4 is 0 Å². The van der Waals surface area contributed by atoms with E-state index in [1.54, 1.807) is 0 Å². The molecular formula is C17H38. The molecule has 0 N–H and O–H groups in total. The molecule has 0 aromatic heterocycles. The first-order chi connectivity index (χ1) is 8.22. The standard InChI is InChI=1S/C7H16.C4H6.2C2H6.C2H4/c1-4-6-7(3)5-2;1-3-4-2;3*1-2/h7H,4-6H2,1-3H3;1-2H3;2*1-2H3;1-2H2/t7-;;;;/m0..../s1. The predicted molar refractivity (Wildman–Crippen MR) is 87.4 cm³/mol. The average Bonchev–Trinajstić information content (AvgIpc) is 2.46. The molecule has 0 aliphatic carbocycles. The van der Waals surface area contributed by atoms with Crippen LogP contribution in [0.1, 0.15) is 81.6 Å². The van der Waals surface area contributed by atoms with Crippen LogP contribution >= 0.6 is 0 Å². The van der Waals surface area contributed by atoms with E-state index < -0.39 is 0 Å². The fourth-order valence-electron chi connectivity index (χ4n) is 0.697. The van der Waals surface area contributed by atoms with E-state index in [1.165, 1.54) is 19.3 Å². The fourth-order valence-corrected chi connectivity index (χ4v) is 0.697. The average molecular weight is 242 g/mol. The zero-order valence-corrected chi connectivity index (χ0v) is 14.1. The maximum atomic E-state index is 3.00. The minimum atomic E-state index is 0.949. The summed E-state index contributed by atoms with van der Waals surface area (Å²) in [6.45, 7) is 24.4. The van der Waals surface area contributed by atoms with Gasteiger partial charge in [-0.2, -0.15) is 0 Å². The first-order valence-electron chi connectivity index (χ1n) is 7.06. The van der Waals surface area contributed by atoms with Crippen molar-refractivity contribution in [2.45, 2.75) is 81.6 Å².